The van der Waals surface area contributed by atoms with E-state index in [2.05, 4.69) is 15.5 Å². The summed E-state index contributed by atoms with van der Waals surface area (Å²) >= 11 is 0. The van der Waals surface area contributed by atoms with E-state index >= 15 is 0 Å². The summed E-state index contributed by atoms with van der Waals surface area (Å²) in [6.45, 7) is 2.65. The normalized spacial score (nSPS) is 15.1. The fourth-order valence-corrected chi connectivity index (χ4v) is 2.46. The standard InChI is InChI=1S/C17H22N4O3/c1-2-16-20-15(21-24-16)10-23-13-7-5-12(6-8-13)17(22)19-14(9-18)11-3-4-11/h5-8,11,14H,2-4,9-10,18H2,1H3,(H,19,22). The summed E-state index contributed by atoms with van der Waals surface area (Å²) in [4.78, 5) is 16.4. The highest BCUT2D eigenvalue weighted by Gasteiger charge is 2.31. The van der Waals surface area contributed by atoms with E-state index in [1.165, 1.54) is 0 Å². The number of nitrogens with two attached hydrogens (primary N) is 1. The molecule has 7 nitrogen and oxygen atoms in total. The molecule has 1 saturated carbocycles. The van der Waals surface area contributed by atoms with Gasteiger partial charge < -0.3 is 20.3 Å². The Morgan fingerprint density at radius 1 is 1.42 bits per heavy atom. The second-order valence-electron chi connectivity index (χ2n) is 5.92. The van der Waals surface area contributed by atoms with Crippen LogP contribution < -0.4 is 15.8 Å². The van der Waals surface area contributed by atoms with Gasteiger partial charge in [-0.2, -0.15) is 4.98 Å². The molecular formula is C17H22N4O3. The number of carbonyl (C=O) groups excluding carboxylic acids is 1. The molecule has 7 heteroatoms. The summed E-state index contributed by atoms with van der Waals surface area (Å²) in [5.74, 6) is 2.17. The number of carbonyl (C=O) groups is 1. The third kappa shape index (κ3) is 4.11. The maximum absolute atomic E-state index is 12.2. The third-order valence-electron chi connectivity index (χ3n) is 4.06. The molecule has 1 aliphatic carbocycles. The predicted molar refractivity (Wildman–Crippen MR) is 87.5 cm³/mol. The topological polar surface area (TPSA) is 103 Å². The van der Waals surface area contributed by atoms with Crippen LogP contribution in [0.4, 0.5) is 0 Å². The van der Waals surface area contributed by atoms with Crippen LogP contribution in [-0.4, -0.2) is 28.6 Å². The van der Waals surface area contributed by atoms with Crippen LogP contribution >= 0.6 is 0 Å². The average Bonchev–Trinajstić information content (AvgIpc) is 3.36. The third-order valence-corrected chi connectivity index (χ3v) is 4.06. The van der Waals surface area contributed by atoms with Crippen molar-refractivity contribution in [3.05, 3.63) is 41.5 Å². The number of rotatable bonds is 8. The van der Waals surface area contributed by atoms with Gasteiger partial charge in [0.2, 0.25) is 11.7 Å². The molecule has 0 aliphatic heterocycles. The van der Waals surface area contributed by atoms with Gasteiger partial charge in [0.25, 0.3) is 5.91 Å². The summed E-state index contributed by atoms with van der Waals surface area (Å²) < 4.78 is 10.6. The Kier molecular flexibility index (Phi) is 5.10. The SMILES string of the molecule is CCc1nc(COc2ccc(C(=O)NC(CN)C3CC3)cc2)no1. The van der Waals surface area contributed by atoms with Crippen molar-refractivity contribution in [3.8, 4) is 5.75 Å². The molecule has 1 unspecified atom stereocenters. The van der Waals surface area contributed by atoms with E-state index in [0.29, 0.717) is 41.9 Å². The van der Waals surface area contributed by atoms with Crippen LogP contribution in [-0.2, 0) is 13.0 Å². The molecule has 1 fully saturated rings. The molecule has 3 rings (SSSR count). The molecule has 1 aromatic heterocycles. The van der Waals surface area contributed by atoms with Crippen LogP contribution in [0.1, 0.15) is 41.8 Å². The van der Waals surface area contributed by atoms with Crippen molar-refractivity contribution in [1.29, 1.82) is 0 Å². The Bertz CT molecular complexity index is 679. The lowest BCUT2D eigenvalue weighted by Crippen LogP contribution is -2.41. The molecule has 0 bridgehead atoms. The number of nitrogens with zero attached hydrogens (tertiary/aromatic N) is 2. The van der Waals surface area contributed by atoms with Gasteiger partial charge >= 0.3 is 0 Å². The van der Waals surface area contributed by atoms with E-state index in [0.717, 1.165) is 12.8 Å². The van der Waals surface area contributed by atoms with Crippen molar-refractivity contribution in [3.63, 3.8) is 0 Å². The molecule has 1 heterocycles. The number of aryl methyl sites for hydroxylation is 1. The molecule has 1 aromatic carbocycles. The number of benzene rings is 1. The lowest BCUT2D eigenvalue weighted by atomic mass is 10.1. The minimum Gasteiger partial charge on any atom is -0.485 e. The summed E-state index contributed by atoms with van der Waals surface area (Å²) in [5, 5.41) is 6.82. The Morgan fingerprint density at radius 2 is 2.17 bits per heavy atom. The van der Waals surface area contributed by atoms with E-state index in [1.807, 2.05) is 6.92 Å². The Morgan fingerprint density at radius 3 is 2.75 bits per heavy atom. The van der Waals surface area contributed by atoms with E-state index in [9.17, 15) is 4.79 Å². The van der Waals surface area contributed by atoms with Crippen molar-refractivity contribution in [2.75, 3.05) is 6.54 Å². The van der Waals surface area contributed by atoms with E-state index in [-0.39, 0.29) is 18.6 Å². The smallest absolute Gasteiger partial charge is 0.251 e. The summed E-state index contributed by atoms with van der Waals surface area (Å²) in [6, 6.07) is 7.05. The van der Waals surface area contributed by atoms with E-state index < -0.39 is 0 Å². The zero-order valence-electron chi connectivity index (χ0n) is 13.7. The predicted octanol–water partition coefficient (Wildman–Crippen LogP) is 1.68. The number of aromatic nitrogens is 2. The first-order valence-electron chi connectivity index (χ1n) is 8.25. The van der Waals surface area contributed by atoms with Crippen LogP contribution in [0.2, 0.25) is 0 Å². The molecule has 128 valence electrons. The first-order valence-corrected chi connectivity index (χ1v) is 8.25. The zero-order valence-corrected chi connectivity index (χ0v) is 13.7. The van der Waals surface area contributed by atoms with Crippen LogP contribution in [0.25, 0.3) is 0 Å². The molecule has 3 N–H and O–H groups in total. The van der Waals surface area contributed by atoms with Gasteiger partial charge in [0.15, 0.2) is 6.61 Å². The van der Waals surface area contributed by atoms with Crippen molar-refractivity contribution in [2.45, 2.75) is 38.8 Å². The maximum Gasteiger partial charge on any atom is 0.251 e. The maximum atomic E-state index is 12.2. The van der Waals surface area contributed by atoms with Crippen molar-refractivity contribution in [2.24, 2.45) is 11.7 Å². The zero-order chi connectivity index (χ0) is 16.9. The van der Waals surface area contributed by atoms with Gasteiger partial charge in [-0.25, -0.2) is 0 Å². The highest BCUT2D eigenvalue weighted by Crippen LogP contribution is 2.32. The van der Waals surface area contributed by atoms with Crippen LogP contribution in [0.15, 0.2) is 28.8 Å². The first kappa shape index (κ1) is 16.4. The second kappa shape index (κ2) is 7.44. The van der Waals surface area contributed by atoms with Crippen LogP contribution in [0.3, 0.4) is 0 Å². The summed E-state index contributed by atoms with van der Waals surface area (Å²) in [6.07, 6.45) is 2.98. The lowest BCUT2D eigenvalue weighted by Gasteiger charge is -2.16. The monoisotopic (exact) mass is 330 g/mol. The Balaban J connectivity index is 1.53. The molecule has 0 saturated heterocycles. The minimum absolute atomic E-state index is 0.0689. The fourth-order valence-electron chi connectivity index (χ4n) is 2.46. The molecule has 0 radical (unpaired) electrons. The van der Waals surface area contributed by atoms with Gasteiger partial charge in [-0.15, -0.1) is 0 Å². The van der Waals surface area contributed by atoms with Gasteiger partial charge in [0.05, 0.1) is 0 Å². The van der Waals surface area contributed by atoms with Crippen molar-refractivity contribution >= 4 is 5.91 Å². The molecule has 24 heavy (non-hydrogen) atoms. The second-order valence-corrected chi connectivity index (χ2v) is 5.92. The lowest BCUT2D eigenvalue weighted by molar-refractivity contribution is 0.0933. The first-order chi connectivity index (χ1) is 11.7. The minimum atomic E-state index is -0.102. The van der Waals surface area contributed by atoms with Gasteiger partial charge in [0.1, 0.15) is 5.75 Å². The molecule has 2 aromatic rings. The number of hydrogen-bond donors (Lipinski definition) is 2. The number of amides is 1. The fraction of sp³-hybridized carbons (Fsp3) is 0.471. The Labute approximate surface area is 140 Å². The average molecular weight is 330 g/mol. The number of ether oxygens (including phenoxy) is 1. The van der Waals surface area contributed by atoms with Gasteiger partial charge in [-0.3, -0.25) is 4.79 Å². The van der Waals surface area contributed by atoms with Crippen molar-refractivity contribution < 1.29 is 14.1 Å². The Hall–Kier alpha value is -2.41. The van der Waals surface area contributed by atoms with Crippen LogP contribution in [0, 0.1) is 5.92 Å². The molecular weight excluding hydrogens is 308 g/mol. The molecule has 1 atom stereocenters. The van der Waals surface area contributed by atoms with E-state index in [4.69, 9.17) is 15.0 Å². The summed E-state index contributed by atoms with van der Waals surface area (Å²) in [7, 11) is 0. The quantitative estimate of drug-likeness (QED) is 0.763. The highest BCUT2D eigenvalue weighted by molar-refractivity contribution is 5.94. The molecule has 1 amide bonds. The van der Waals surface area contributed by atoms with Gasteiger partial charge in [-0.05, 0) is 43.0 Å². The largest absolute Gasteiger partial charge is 0.485 e. The molecule has 0 spiro atoms. The van der Waals surface area contributed by atoms with E-state index in [1.54, 1.807) is 24.3 Å². The highest BCUT2D eigenvalue weighted by atomic mass is 16.5. The van der Waals surface area contributed by atoms with Crippen LogP contribution in [0.5, 0.6) is 5.75 Å². The summed E-state index contributed by atoms with van der Waals surface area (Å²) in [5.41, 5.74) is 6.31. The van der Waals surface area contributed by atoms with Gasteiger partial charge in [-0.1, -0.05) is 12.1 Å². The number of nitrogens with one attached hydrogen (secondary N) is 1. The van der Waals surface area contributed by atoms with Gasteiger partial charge in [0, 0.05) is 24.6 Å². The van der Waals surface area contributed by atoms with Crippen molar-refractivity contribution in [1.82, 2.24) is 15.5 Å². The molecule has 1 aliphatic rings. The number of hydrogen-bond acceptors (Lipinski definition) is 6.